The van der Waals surface area contributed by atoms with Crippen LogP contribution < -0.4 is 9.47 Å². The second-order valence-corrected chi connectivity index (χ2v) is 5.01. The molecule has 1 aromatic carbocycles. The molecule has 20 heavy (non-hydrogen) atoms. The summed E-state index contributed by atoms with van der Waals surface area (Å²) in [7, 11) is 3.65. The number of benzene rings is 1. The van der Waals surface area contributed by atoms with Crippen LogP contribution in [0.1, 0.15) is 5.82 Å². The number of aromatic amines is 1. The molecule has 2 aromatic rings. The lowest BCUT2D eigenvalue weighted by Crippen LogP contribution is -2.34. The Hall–Kier alpha value is -2.15. The van der Waals surface area contributed by atoms with Crippen LogP contribution in [-0.2, 0) is 11.8 Å². The van der Waals surface area contributed by atoms with Crippen molar-refractivity contribution < 1.29 is 14.5 Å². The molecule has 2 rings (SSSR count). The fourth-order valence-electron chi connectivity index (χ4n) is 2.03. The number of carboxylic acids is 1. The lowest BCUT2D eigenvalue weighted by molar-refractivity contribution is -0.610. The number of hydrogen-bond donors (Lipinski definition) is 2. The summed E-state index contributed by atoms with van der Waals surface area (Å²) in [5, 5.41) is 11.8. The SMILES string of the molecule is Cc1n(C)[nH]c(=S)[n+]1-c1ccc(N(C)CC(=O)O)cc1. The number of H-pyrrole nitrogens is 1. The molecule has 1 heterocycles. The van der Waals surface area contributed by atoms with Gasteiger partial charge in [-0.3, -0.25) is 4.79 Å². The fourth-order valence-corrected chi connectivity index (χ4v) is 2.40. The van der Waals surface area contributed by atoms with Crippen molar-refractivity contribution in [3.05, 3.63) is 34.9 Å². The smallest absolute Gasteiger partial charge is 0.328 e. The monoisotopic (exact) mass is 293 g/mol. The number of nitrogens with zero attached hydrogens (tertiary/aromatic N) is 3. The number of anilines is 1. The number of carbonyl (C=O) groups is 1. The lowest BCUT2D eigenvalue weighted by Gasteiger charge is -2.16. The third kappa shape index (κ3) is 2.72. The molecule has 7 heteroatoms. The van der Waals surface area contributed by atoms with E-state index >= 15 is 0 Å². The van der Waals surface area contributed by atoms with E-state index in [1.54, 1.807) is 11.9 Å². The van der Waals surface area contributed by atoms with Crippen molar-refractivity contribution in [1.82, 2.24) is 9.78 Å². The van der Waals surface area contributed by atoms with Gasteiger partial charge in [-0.05, 0) is 36.5 Å². The number of rotatable bonds is 4. The van der Waals surface area contributed by atoms with E-state index in [2.05, 4.69) is 5.10 Å². The summed E-state index contributed by atoms with van der Waals surface area (Å²) in [6.07, 6.45) is 0. The van der Waals surface area contributed by atoms with Gasteiger partial charge in [0.2, 0.25) is 5.82 Å². The molecular weight excluding hydrogens is 276 g/mol. The zero-order chi connectivity index (χ0) is 14.9. The number of aromatic nitrogens is 3. The van der Waals surface area contributed by atoms with Gasteiger partial charge < -0.3 is 10.0 Å². The van der Waals surface area contributed by atoms with E-state index in [4.69, 9.17) is 17.3 Å². The first-order valence-corrected chi connectivity index (χ1v) is 6.52. The highest BCUT2D eigenvalue weighted by atomic mass is 32.1. The average Bonchev–Trinajstić information content (AvgIpc) is 2.63. The second-order valence-electron chi connectivity index (χ2n) is 4.62. The summed E-state index contributed by atoms with van der Waals surface area (Å²) in [5.74, 6) is 0.133. The van der Waals surface area contributed by atoms with Crippen LogP contribution in [0.3, 0.4) is 0 Å². The van der Waals surface area contributed by atoms with Crippen molar-refractivity contribution in [3.63, 3.8) is 0 Å². The summed E-state index contributed by atoms with van der Waals surface area (Å²) in [6.45, 7) is 1.94. The Morgan fingerprint density at radius 2 is 2.05 bits per heavy atom. The predicted molar refractivity (Wildman–Crippen MR) is 77.8 cm³/mol. The summed E-state index contributed by atoms with van der Waals surface area (Å²) in [5.41, 5.74) is 1.79. The lowest BCUT2D eigenvalue weighted by atomic mass is 10.2. The first-order chi connectivity index (χ1) is 9.40. The Morgan fingerprint density at radius 1 is 1.45 bits per heavy atom. The van der Waals surface area contributed by atoms with Gasteiger partial charge in [0.1, 0.15) is 12.2 Å². The van der Waals surface area contributed by atoms with E-state index in [9.17, 15) is 4.79 Å². The van der Waals surface area contributed by atoms with Gasteiger partial charge in [0.15, 0.2) is 0 Å². The largest absolute Gasteiger partial charge is 0.480 e. The molecule has 0 fully saturated rings. The summed E-state index contributed by atoms with van der Waals surface area (Å²) < 4.78 is 4.40. The van der Waals surface area contributed by atoms with Gasteiger partial charge in [0.05, 0.1) is 7.05 Å². The topological polar surface area (TPSA) is 65.1 Å². The van der Waals surface area contributed by atoms with Gasteiger partial charge in [0, 0.05) is 19.7 Å². The van der Waals surface area contributed by atoms with E-state index < -0.39 is 5.97 Å². The molecule has 0 saturated heterocycles. The molecule has 0 aliphatic heterocycles. The number of carboxylic acid groups (broad SMARTS) is 1. The normalized spacial score (nSPS) is 10.6. The minimum Gasteiger partial charge on any atom is -0.480 e. The Morgan fingerprint density at radius 3 is 2.50 bits per heavy atom. The summed E-state index contributed by atoms with van der Waals surface area (Å²) in [4.78, 5) is 12.4. The number of aliphatic carboxylic acids is 1. The van der Waals surface area contributed by atoms with Crippen molar-refractivity contribution >= 4 is 23.9 Å². The molecule has 1 aromatic heterocycles. The molecule has 106 valence electrons. The molecule has 0 amide bonds. The highest BCUT2D eigenvalue weighted by Crippen LogP contribution is 2.14. The maximum Gasteiger partial charge on any atom is 0.328 e. The van der Waals surface area contributed by atoms with Crippen molar-refractivity contribution in [1.29, 1.82) is 0 Å². The third-order valence-corrected chi connectivity index (χ3v) is 3.47. The number of aryl methyl sites for hydroxylation is 1. The number of hydrogen-bond acceptors (Lipinski definition) is 3. The first kappa shape index (κ1) is 14.3. The molecule has 0 saturated carbocycles. The summed E-state index contributed by atoms with van der Waals surface area (Å²) in [6, 6.07) is 7.60. The van der Waals surface area contributed by atoms with Crippen LogP contribution >= 0.6 is 12.2 Å². The van der Waals surface area contributed by atoms with Crippen molar-refractivity contribution in [2.75, 3.05) is 18.5 Å². The van der Waals surface area contributed by atoms with Crippen LogP contribution in [0.5, 0.6) is 0 Å². The van der Waals surface area contributed by atoms with Gasteiger partial charge >= 0.3 is 10.7 Å². The van der Waals surface area contributed by atoms with Crippen LogP contribution in [0.4, 0.5) is 5.69 Å². The molecule has 6 nitrogen and oxygen atoms in total. The molecule has 0 aliphatic carbocycles. The maximum absolute atomic E-state index is 10.7. The van der Waals surface area contributed by atoms with Gasteiger partial charge in [-0.2, -0.15) is 9.25 Å². The highest BCUT2D eigenvalue weighted by Gasteiger charge is 2.14. The minimum atomic E-state index is -0.854. The summed E-state index contributed by atoms with van der Waals surface area (Å²) >= 11 is 5.28. The molecule has 0 unspecified atom stereocenters. The van der Waals surface area contributed by atoms with Gasteiger partial charge in [-0.1, -0.05) is 0 Å². The van der Waals surface area contributed by atoms with Gasteiger partial charge in [-0.25, -0.2) is 0 Å². The average molecular weight is 293 g/mol. The van der Waals surface area contributed by atoms with E-state index in [0.29, 0.717) is 4.77 Å². The zero-order valence-corrected chi connectivity index (χ0v) is 12.4. The fraction of sp³-hybridized carbons (Fsp3) is 0.308. The highest BCUT2D eigenvalue weighted by molar-refractivity contribution is 7.71. The van der Waals surface area contributed by atoms with Crippen LogP contribution in [-0.4, -0.2) is 34.4 Å². The van der Waals surface area contributed by atoms with Crippen molar-refractivity contribution in [3.8, 4) is 5.69 Å². The molecule has 0 atom stereocenters. The standard InChI is InChI=1S/C13H16N4O2S/c1-9-16(3)14-13(20)17(9)11-6-4-10(5-7-11)15(2)8-12(18)19/h4-7H,8H2,1-3H3,(H-,14,18,19,20)/p+1. The van der Waals surface area contributed by atoms with Crippen molar-refractivity contribution in [2.45, 2.75) is 6.92 Å². The number of nitrogens with one attached hydrogen (secondary N) is 1. The number of likely N-dealkylation sites (N-methyl/N-ethyl adjacent to an activating group) is 1. The van der Waals surface area contributed by atoms with E-state index in [1.165, 1.54) is 0 Å². The molecule has 0 aliphatic rings. The first-order valence-electron chi connectivity index (χ1n) is 6.11. The molecule has 0 spiro atoms. The van der Waals surface area contributed by atoms with Crippen LogP contribution in [0.15, 0.2) is 24.3 Å². The quantitative estimate of drug-likeness (QED) is 0.656. The van der Waals surface area contributed by atoms with Crippen LogP contribution in [0.25, 0.3) is 5.69 Å². The van der Waals surface area contributed by atoms with Crippen molar-refractivity contribution in [2.24, 2.45) is 7.05 Å². The Labute approximate surface area is 121 Å². The maximum atomic E-state index is 10.7. The Kier molecular flexibility index (Phi) is 3.89. The predicted octanol–water partition coefficient (Wildman–Crippen LogP) is 1.19. The van der Waals surface area contributed by atoms with E-state index in [0.717, 1.165) is 17.2 Å². The third-order valence-electron chi connectivity index (χ3n) is 3.20. The zero-order valence-electron chi connectivity index (χ0n) is 11.6. The van der Waals surface area contributed by atoms with E-state index in [-0.39, 0.29) is 6.54 Å². The molecule has 2 N–H and O–H groups in total. The Balaban J connectivity index is 2.33. The Bertz CT molecular complexity index is 687. The second kappa shape index (κ2) is 5.46. The van der Waals surface area contributed by atoms with Gasteiger partial charge in [0.25, 0.3) is 0 Å². The van der Waals surface area contributed by atoms with E-state index in [1.807, 2.05) is 47.5 Å². The van der Waals surface area contributed by atoms with Crippen LogP contribution in [0.2, 0.25) is 0 Å². The van der Waals surface area contributed by atoms with Crippen LogP contribution in [0, 0.1) is 11.7 Å². The van der Waals surface area contributed by atoms with Gasteiger partial charge in [-0.15, -0.1) is 5.10 Å². The molecule has 0 radical (unpaired) electrons. The minimum absolute atomic E-state index is 0.0308. The molecule has 0 bridgehead atoms. The molecular formula is C13H17N4O2S+.